The van der Waals surface area contributed by atoms with Crippen molar-refractivity contribution < 1.29 is 0 Å². The number of rotatable bonds is 9. The average Bonchev–Trinajstić information content (AvgIpc) is 2.08. The fourth-order valence-corrected chi connectivity index (χ4v) is 1.36. The van der Waals surface area contributed by atoms with Crippen LogP contribution < -0.4 is 34.0 Å². The molecule has 6 heteroatoms. The Morgan fingerprint density at radius 1 is 1.00 bits per heavy atom. The SMILES string of the molecule is NCCCCCCNC(N)CC(N)(N)N. The van der Waals surface area contributed by atoms with Gasteiger partial charge in [0.1, 0.15) is 5.79 Å². The first kappa shape index (κ1) is 14.8. The lowest BCUT2D eigenvalue weighted by Crippen LogP contribution is -2.62. The Labute approximate surface area is 91.9 Å². The third-order valence-electron chi connectivity index (χ3n) is 2.11. The van der Waals surface area contributed by atoms with Gasteiger partial charge in [-0.3, -0.25) is 0 Å². The smallest absolute Gasteiger partial charge is 0.118 e. The van der Waals surface area contributed by atoms with E-state index in [1.54, 1.807) is 0 Å². The van der Waals surface area contributed by atoms with Crippen LogP contribution in [0.2, 0.25) is 0 Å². The lowest BCUT2D eigenvalue weighted by atomic mass is 10.2. The van der Waals surface area contributed by atoms with Gasteiger partial charge in [-0.15, -0.1) is 0 Å². The van der Waals surface area contributed by atoms with Crippen LogP contribution in [0.25, 0.3) is 0 Å². The van der Waals surface area contributed by atoms with Crippen LogP contribution in [0.5, 0.6) is 0 Å². The molecule has 0 heterocycles. The molecule has 1 atom stereocenters. The van der Waals surface area contributed by atoms with E-state index in [4.69, 9.17) is 28.7 Å². The number of hydrogen-bond acceptors (Lipinski definition) is 6. The Hall–Kier alpha value is -0.240. The topological polar surface area (TPSA) is 142 Å². The number of nitrogens with two attached hydrogens (primary N) is 5. The van der Waals surface area contributed by atoms with Crippen LogP contribution in [0, 0.1) is 0 Å². The predicted molar refractivity (Wildman–Crippen MR) is 63.4 cm³/mol. The highest BCUT2D eigenvalue weighted by Gasteiger charge is 2.15. The van der Waals surface area contributed by atoms with Crippen molar-refractivity contribution in [3.05, 3.63) is 0 Å². The number of unbranched alkanes of at least 4 members (excludes halogenated alkanes) is 3. The van der Waals surface area contributed by atoms with Crippen molar-refractivity contribution in [3.63, 3.8) is 0 Å². The van der Waals surface area contributed by atoms with Crippen molar-refractivity contribution in [2.75, 3.05) is 13.1 Å². The molecule has 0 aromatic rings. The normalized spacial score (nSPS) is 14.2. The van der Waals surface area contributed by atoms with E-state index in [1.807, 2.05) is 0 Å². The third-order valence-corrected chi connectivity index (χ3v) is 2.11. The van der Waals surface area contributed by atoms with Crippen LogP contribution in [0.3, 0.4) is 0 Å². The second-order valence-electron chi connectivity index (χ2n) is 4.08. The van der Waals surface area contributed by atoms with Gasteiger partial charge in [-0.1, -0.05) is 12.8 Å². The van der Waals surface area contributed by atoms with Crippen molar-refractivity contribution in [3.8, 4) is 0 Å². The summed E-state index contributed by atoms with van der Waals surface area (Å²) in [7, 11) is 0. The van der Waals surface area contributed by atoms with Gasteiger partial charge in [-0.25, -0.2) is 0 Å². The van der Waals surface area contributed by atoms with Gasteiger partial charge >= 0.3 is 0 Å². The van der Waals surface area contributed by atoms with E-state index < -0.39 is 5.79 Å². The first-order valence-corrected chi connectivity index (χ1v) is 5.51. The van der Waals surface area contributed by atoms with Crippen molar-refractivity contribution in [1.29, 1.82) is 0 Å². The van der Waals surface area contributed by atoms with E-state index in [0.717, 1.165) is 32.4 Å². The van der Waals surface area contributed by atoms with Gasteiger partial charge in [-0.2, -0.15) is 0 Å². The van der Waals surface area contributed by atoms with E-state index in [-0.39, 0.29) is 6.17 Å². The minimum Gasteiger partial charge on any atom is -0.330 e. The molecule has 15 heavy (non-hydrogen) atoms. The molecule has 1 unspecified atom stereocenters. The molecule has 6 nitrogen and oxygen atoms in total. The standard InChI is InChI=1S/C9H26N6/c10-5-3-1-2-4-6-15-8(11)7-9(12,13)14/h8,15H,1-7,10-14H2. The average molecular weight is 218 g/mol. The highest BCUT2D eigenvalue weighted by molar-refractivity contribution is 4.74. The highest BCUT2D eigenvalue weighted by Crippen LogP contribution is 1.98. The molecule has 0 aliphatic carbocycles. The van der Waals surface area contributed by atoms with Crippen LogP contribution in [0.15, 0.2) is 0 Å². The molecular formula is C9H26N6. The van der Waals surface area contributed by atoms with Gasteiger partial charge in [0.15, 0.2) is 0 Å². The Bertz CT molecular complexity index is 144. The molecule has 0 aliphatic rings. The summed E-state index contributed by atoms with van der Waals surface area (Å²) in [6.07, 6.45) is 4.62. The van der Waals surface area contributed by atoms with Crippen LogP contribution in [-0.2, 0) is 0 Å². The molecule has 0 saturated carbocycles. The zero-order valence-electron chi connectivity index (χ0n) is 9.41. The molecule has 0 aromatic carbocycles. The fraction of sp³-hybridized carbons (Fsp3) is 1.00. The third kappa shape index (κ3) is 11.7. The Kier molecular flexibility index (Phi) is 7.85. The molecule has 11 N–H and O–H groups in total. The van der Waals surface area contributed by atoms with Crippen LogP contribution in [0.1, 0.15) is 32.1 Å². The van der Waals surface area contributed by atoms with Gasteiger partial charge in [-0.05, 0) is 25.9 Å². The van der Waals surface area contributed by atoms with Crippen molar-refractivity contribution in [2.45, 2.75) is 44.1 Å². The van der Waals surface area contributed by atoms with Crippen molar-refractivity contribution in [1.82, 2.24) is 5.32 Å². The summed E-state index contributed by atoms with van der Waals surface area (Å²) in [4.78, 5) is 0. The molecule has 0 aliphatic heterocycles. The summed E-state index contributed by atoms with van der Waals surface area (Å²) < 4.78 is 0. The molecule has 0 spiro atoms. The van der Waals surface area contributed by atoms with Gasteiger partial charge in [0.05, 0.1) is 6.17 Å². The van der Waals surface area contributed by atoms with E-state index >= 15 is 0 Å². The Morgan fingerprint density at radius 3 is 2.13 bits per heavy atom. The van der Waals surface area contributed by atoms with Gasteiger partial charge in [0.2, 0.25) is 0 Å². The molecule has 0 fully saturated rings. The van der Waals surface area contributed by atoms with E-state index in [9.17, 15) is 0 Å². The van der Waals surface area contributed by atoms with E-state index in [0.29, 0.717) is 6.42 Å². The molecular weight excluding hydrogens is 192 g/mol. The summed E-state index contributed by atoms with van der Waals surface area (Å²) in [6.45, 7) is 1.63. The maximum Gasteiger partial charge on any atom is 0.118 e. The second kappa shape index (κ2) is 7.98. The summed E-state index contributed by atoms with van der Waals surface area (Å²) in [6, 6.07) is 0. The zero-order valence-corrected chi connectivity index (χ0v) is 9.41. The molecule has 0 saturated heterocycles. The Balaban J connectivity index is 3.28. The van der Waals surface area contributed by atoms with Crippen molar-refractivity contribution >= 4 is 0 Å². The summed E-state index contributed by atoms with van der Waals surface area (Å²) in [5.74, 6) is -1.19. The lowest BCUT2D eigenvalue weighted by molar-refractivity contribution is 0.347. The fourth-order valence-electron chi connectivity index (χ4n) is 1.36. The Morgan fingerprint density at radius 2 is 1.60 bits per heavy atom. The molecule has 0 bridgehead atoms. The molecule has 0 aromatic heterocycles. The monoisotopic (exact) mass is 218 g/mol. The largest absolute Gasteiger partial charge is 0.330 e. The summed E-state index contributed by atoms with van der Waals surface area (Å²) in [5.41, 5.74) is 27.4. The first-order chi connectivity index (χ1) is 6.95. The van der Waals surface area contributed by atoms with Gasteiger partial charge < -0.3 is 34.0 Å². The molecule has 0 amide bonds. The molecule has 0 radical (unpaired) electrons. The van der Waals surface area contributed by atoms with Gasteiger partial charge in [0, 0.05) is 6.42 Å². The van der Waals surface area contributed by atoms with E-state index in [1.165, 1.54) is 6.42 Å². The van der Waals surface area contributed by atoms with Gasteiger partial charge in [0.25, 0.3) is 0 Å². The van der Waals surface area contributed by atoms with Crippen LogP contribution in [-0.4, -0.2) is 25.0 Å². The van der Waals surface area contributed by atoms with Crippen molar-refractivity contribution in [2.24, 2.45) is 28.7 Å². The predicted octanol–water partition coefficient (Wildman–Crippen LogP) is -1.70. The quantitative estimate of drug-likeness (QED) is 0.201. The molecule has 92 valence electrons. The number of nitrogens with one attached hydrogen (secondary N) is 1. The molecule has 0 rings (SSSR count). The highest BCUT2D eigenvalue weighted by atomic mass is 15.1. The lowest BCUT2D eigenvalue weighted by Gasteiger charge is -2.23. The number of hydrogen-bond donors (Lipinski definition) is 6. The van der Waals surface area contributed by atoms with Crippen LogP contribution >= 0.6 is 0 Å². The van der Waals surface area contributed by atoms with Crippen LogP contribution in [0.4, 0.5) is 0 Å². The zero-order chi connectivity index (χ0) is 11.7. The first-order valence-electron chi connectivity index (χ1n) is 5.51. The maximum atomic E-state index is 5.73. The summed E-state index contributed by atoms with van der Waals surface area (Å²) >= 11 is 0. The minimum absolute atomic E-state index is 0.237. The second-order valence-corrected chi connectivity index (χ2v) is 4.08. The maximum absolute atomic E-state index is 5.73. The summed E-state index contributed by atoms with van der Waals surface area (Å²) in [5, 5.41) is 3.12. The van der Waals surface area contributed by atoms with E-state index in [2.05, 4.69) is 5.32 Å². The minimum atomic E-state index is -1.19.